The van der Waals surface area contributed by atoms with Crippen molar-refractivity contribution in [3.8, 4) is 11.3 Å². The van der Waals surface area contributed by atoms with Crippen molar-refractivity contribution in [3.05, 3.63) is 41.9 Å². The van der Waals surface area contributed by atoms with Crippen LogP contribution in [-0.2, 0) is 29.1 Å². The van der Waals surface area contributed by atoms with Gasteiger partial charge in [-0.2, -0.15) is 0 Å². The van der Waals surface area contributed by atoms with Crippen molar-refractivity contribution in [1.82, 2.24) is 19.8 Å². The molecular weight excluding hydrogens is 352 g/mol. The Hall–Kier alpha value is -2.63. The van der Waals surface area contributed by atoms with Crippen LogP contribution in [0.15, 0.2) is 30.5 Å². The van der Waals surface area contributed by atoms with Gasteiger partial charge >= 0.3 is 0 Å². The Balaban J connectivity index is 1.32. The summed E-state index contributed by atoms with van der Waals surface area (Å²) in [5, 5.41) is 3.04. The highest BCUT2D eigenvalue weighted by Crippen LogP contribution is 2.24. The van der Waals surface area contributed by atoms with Crippen molar-refractivity contribution < 1.29 is 9.59 Å². The van der Waals surface area contributed by atoms with Gasteiger partial charge in [0.2, 0.25) is 11.8 Å². The number of nitrogens with one attached hydrogen (secondary N) is 1. The van der Waals surface area contributed by atoms with Crippen LogP contribution in [0.5, 0.6) is 0 Å². The molecule has 0 bridgehead atoms. The number of rotatable bonds is 5. The number of aryl methyl sites for hydroxylation is 2. The standard InChI is InChI=1S/C22H28N4O2/c1-16(27)25-9-3-6-18(14-25)12-22(28)23-13-17-5-2-7-19(11-17)20-15-26-10-4-8-21(26)24-20/h2,5,7,11,15,18H,3-4,6,8-10,12-14H2,1H3,(H,23,28). The van der Waals surface area contributed by atoms with E-state index in [4.69, 9.17) is 4.98 Å². The first kappa shape index (κ1) is 18.7. The third kappa shape index (κ3) is 4.26. The minimum Gasteiger partial charge on any atom is -0.352 e. The number of hydrogen-bond donors (Lipinski definition) is 1. The molecular formula is C22H28N4O2. The molecule has 1 atom stereocenters. The molecule has 6 nitrogen and oxygen atoms in total. The minimum atomic E-state index is 0.0572. The molecule has 0 saturated carbocycles. The van der Waals surface area contributed by atoms with Crippen LogP contribution < -0.4 is 5.32 Å². The van der Waals surface area contributed by atoms with Crippen LogP contribution in [-0.4, -0.2) is 39.4 Å². The number of imidazole rings is 1. The number of benzene rings is 1. The number of carbonyl (C=O) groups is 2. The van der Waals surface area contributed by atoms with Gasteiger partial charge < -0.3 is 14.8 Å². The number of amides is 2. The SMILES string of the molecule is CC(=O)N1CCCC(CC(=O)NCc2cccc(-c3cn4c(n3)CCC4)c2)C1. The summed E-state index contributed by atoms with van der Waals surface area (Å²) in [4.78, 5) is 30.5. The van der Waals surface area contributed by atoms with Crippen molar-refractivity contribution in [2.75, 3.05) is 13.1 Å². The maximum atomic E-state index is 12.4. The van der Waals surface area contributed by atoms with E-state index in [9.17, 15) is 9.59 Å². The lowest BCUT2D eigenvalue weighted by Crippen LogP contribution is -2.40. The smallest absolute Gasteiger partial charge is 0.220 e. The van der Waals surface area contributed by atoms with Crippen LogP contribution >= 0.6 is 0 Å². The van der Waals surface area contributed by atoms with Crippen LogP contribution in [0, 0.1) is 5.92 Å². The molecule has 1 aromatic carbocycles. The molecule has 28 heavy (non-hydrogen) atoms. The third-order valence-corrected chi connectivity index (χ3v) is 5.81. The number of piperidine rings is 1. The highest BCUT2D eigenvalue weighted by molar-refractivity contribution is 5.77. The Kier molecular flexibility index (Phi) is 5.46. The first-order valence-electron chi connectivity index (χ1n) is 10.3. The number of carbonyl (C=O) groups excluding carboxylic acids is 2. The number of likely N-dealkylation sites (tertiary alicyclic amines) is 1. The van der Waals surface area contributed by atoms with Crippen LogP contribution in [0.2, 0.25) is 0 Å². The van der Waals surface area contributed by atoms with Crippen molar-refractivity contribution in [3.63, 3.8) is 0 Å². The normalized spacial score (nSPS) is 18.8. The van der Waals surface area contributed by atoms with Crippen LogP contribution in [0.3, 0.4) is 0 Å². The molecule has 2 aliphatic rings. The second-order valence-electron chi connectivity index (χ2n) is 7.99. The van der Waals surface area contributed by atoms with Crippen molar-refractivity contribution in [1.29, 1.82) is 0 Å². The molecule has 6 heteroatoms. The predicted molar refractivity (Wildman–Crippen MR) is 107 cm³/mol. The Labute approximate surface area is 165 Å². The summed E-state index contributed by atoms with van der Waals surface area (Å²) in [7, 11) is 0. The Morgan fingerprint density at radius 3 is 2.96 bits per heavy atom. The number of hydrogen-bond acceptors (Lipinski definition) is 3. The van der Waals surface area contributed by atoms with E-state index in [0.717, 1.165) is 49.2 Å². The van der Waals surface area contributed by atoms with Gasteiger partial charge in [-0.1, -0.05) is 18.2 Å². The number of nitrogens with zero attached hydrogens (tertiary/aromatic N) is 3. The van der Waals surface area contributed by atoms with Crippen molar-refractivity contribution in [2.24, 2.45) is 5.92 Å². The average Bonchev–Trinajstić information content (AvgIpc) is 3.29. The zero-order valence-corrected chi connectivity index (χ0v) is 16.5. The zero-order valence-electron chi connectivity index (χ0n) is 16.5. The highest BCUT2D eigenvalue weighted by atomic mass is 16.2. The molecule has 1 fully saturated rings. The van der Waals surface area contributed by atoms with Crippen molar-refractivity contribution >= 4 is 11.8 Å². The predicted octanol–water partition coefficient (Wildman–Crippen LogP) is 2.76. The average molecular weight is 380 g/mol. The van der Waals surface area contributed by atoms with Gasteiger partial charge in [-0.15, -0.1) is 0 Å². The topological polar surface area (TPSA) is 67.2 Å². The molecule has 2 aliphatic heterocycles. The minimum absolute atomic E-state index is 0.0572. The summed E-state index contributed by atoms with van der Waals surface area (Å²) in [5.41, 5.74) is 3.18. The first-order valence-corrected chi connectivity index (χ1v) is 10.3. The Morgan fingerprint density at radius 1 is 1.25 bits per heavy atom. The Morgan fingerprint density at radius 2 is 2.14 bits per heavy atom. The van der Waals surface area contributed by atoms with Gasteiger partial charge in [-0.05, 0) is 36.8 Å². The Bertz CT molecular complexity index is 852. The van der Waals surface area contributed by atoms with Crippen LogP contribution in [0.1, 0.15) is 44.0 Å². The van der Waals surface area contributed by atoms with E-state index in [2.05, 4.69) is 28.2 Å². The third-order valence-electron chi connectivity index (χ3n) is 5.81. The van der Waals surface area contributed by atoms with Crippen molar-refractivity contribution in [2.45, 2.75) is 52.1 Å². The van der Waals surface area contributed by atoms with E-state index >= 15 is 0 Å². The largest absolute Gasteiger partial charge is 0.352 e. The lowest BCUT2D eigenvalue weighted by Gasteiger charge is -2.31. The lowest BCUT2D eigenvalue weighted by molar-refractivity contribution is -0.132. The summed E-state index contributed by atoms with van der Waals surface area (Å²) in [6.45, 7) is 4.69. The number of fused-ring (bicyclic) bond motifs is 1. The van der Waals surface area contributed by atoms with Gasteiger partial charge in [0.1, 0.15) is 5.82 Å². The molecule has 1 N–H and O–H groups in total. The molecule has 2 amide bonds. The second-order valence-corrected chi connectivity index (χ2v) is 7.99. The highest BCUT2D eigenvalue weighted by Gasteiger charge is 2.23. The molecule has 3 heterocycles. The summed E-state index contributed by atoms with van der Waals surface area (Å²) in [5.74, 6) is 1.59. The van der Waals surface area contributed by atoms with Gasteiger partial charge in [0.25, 0.3) is 0 Å². The van der Waals surface area contributed by atoms with Gasteiger partial charge in [0.15, 0.2) is 0 Å². The van der Waals surface area contributed by atoms with Gasteiger partial charge in [-0.25, -0.2) is 4.98 Å². The first-order chi connectivity index (χ1) is 13.6. The fourth-order valence-electron chi connectivity index (χ4n) is 4.29. The van der Waals surface area contributed by atoms with Gasteiger partial charge in [-0.3, -0.25) is 9.59 Å². The molecule has 0 spiro atoms. The molecule has 148 valence electrons. The zero-order chi connectivity index (χ0) is 19.5. The fraction of sp³-hybridized carbons (Fsp3) is 0.500. The number of aromatic nitrogens is 2. The van der Waals surface area contributed by atoms with Crippen LogP contribution in [0.4, 0.5) is 0 Å². The van der Waals surface area contributed by atoms with E-state index in [0.29, 0.717) is 19.5 Å². The summed E-state index contributed by atoms with van der Waals surface area (Å²) in [6, 6.07) is 8.23. The van der Waals surface area contributed by atoms with E-state index in [1.165, 1.54) is 12.2 Å². The summed E-state index contributed by atoms with van der Waals surface area (Å²) < 4.78 is 2.23. The van der Waals surface area contributed by atoms with E-state index in [-0.39, 0.29) is 17.7 Å². The van der Waals surface area contributed by atoms with E-state index in [1.807, 2.05) is 17.0 Å². The molecule has 1 saturated heterocycles. The van der Waals surface area contributed by atoms with Gasteiger partial charge in [0, 0.05) is 57.7 Å². The maximum absolute atomic E-state index is 12.4. The van der Waals surface area contributed by atoms with Gasteiger partial charge in [0.05, 0.1) is 5.69 Å². The lowest BCUT2D eigenvalue weighted by atomic mass is 9.94. The molecule has 1 unspecified atom stereocenters. The molecule has 0 radical (unpaired) electrons. The molecule has 4 rings (SSSR count). The van der Waals surface area contributed by atoms with E-state index in [1.54, 1.807) is 6.92 Å². The monoisotopic (exact) mass is 380 g/mol. The molecule has 2 aromatic rings. The second kappa shape index (κ2) is 8.17. The van der Waals surface area contributed by atoms with Crippen LogP contribution in [0.25, 0.3) is 11.3 Å². The fourth-order valence-corrected chi connectivity index (χ4v) is 4.29. The summed E-state index contributed by atoms with van der Waals surface area (Å²) >= 11 is 0. The summed E-state index contributed by atoms with van der Waals surface area (Å²) in [6.07, 6.45) is 6.84. The maximum Gasteiger partial charge on any atom is 0.220 e. The molecule has 0 aliphatic carbocycles. The van der Waals surface area contributed by atoms with E-state index < -0.39 is 0 Å². The molecule has 1 aromatic heterocycles. The quantitative estimate of drug-likeness (QED) is 0.867.